The van der Waals surface area contributed by atoms with Crippen LogP contribution in [0.2, 0.25) is 0 Å². The highest BCUT2D eigenvalue weighted by Crippen LogP contribution is 2.35. The van der Waals surface area contributed by atoms with E-state index in [1.165, 1.54) is 6.08 Å². The van der Waals surface area contributed by atoms with E-state index in [0.717, 1.165) is 56.0 Å². The van der Waals surface area contributed by atoms with Crippen LogP contribution in [0.15, 0.2) is 35.3 Å². The Morgan fingerprint density at radius 2 is 1.45 bits per heavy atom. The number of aromatic hydroxyl groups is 1. The van der Waals surface area contributed by atoms with Gasteiger partial charge in [-0.1, -0.05) is 32.9 Å². The first-order valence-electron chi connectivity index (χ1n) is 13.5. The van der Waals surface area contributed by atoms with Crippen LogP contribution in [0.1, 0.15) is 43.9 Å². The molecular weight excluding hydrogens is 518 g/mol. The molecule has 3 aliphatic heterocycles. The lowest BCUT2D eigenvalue weighted by Crippen LogP contribution is -2.29. The standard InChI is InChI=1S/C14H20O3.C12H13N3O2.C3H8O3/c1-9-7-10(5-6-12(15)16)8-11(13(9)17)14(2,3)4;16-9-7-8(13-1-2-13)12(17)11(15-5-6-15)10(9)14-3-4-14;4-1-3(6)2-5/h7-8,17H,5-6H2,1-4H3,(H,15,16);7H,1-6H2;3-6H,1-2H2. The number of phenols is 1. The lowest BCUT2D eigenvalue weighted by atomic mass is 9.83. The monoisotopic (exact) mass is 559 g/mol. The molecule has 5 N–H and O–H groups in total. The zero-order valence-corrected chi connectivity index (χ0v) is 23.7. The number of allylic oxidation sites excluding steroid dienone is 1. The Labute approximate surface area is 234 Å². The average molecular weight is 560 g/mol. The van der Waals surface area contributed by atoms with Gasteiger partial charge in [0.2, 0.25) is 11.6 Å². The predicted molar refractivity (Wildman–Crippen MR) is 148 cm³/mol. The number of benzene rings is 1. The molecule has 11 heteroatoms. The van der Waals surface area contributed by atoms with E-state index in [-0.39, 0.29) is 36.6 Å². The maximum atomic E-state index is 12.4. The van der Waals surface area contributed by atoms with Crippen molar-refractivity contribution < 1.29 is 39.9 Å². The van der Waals surface area contributed by atoms with Gasteiger partial charge in [-0.15, -0.1) is 0 Å². The zero-order valence-electron chi connectivity index (χ0n) is 23.7. The molecule has 11 nitrogen and oxygen atoms in total. The summed E-state index contributed by atoms with van der Waals surface area (Å²) < 4.78 is 0. The molecule has 0 spiro atoms. The number of carbonyl (C=O) groups is 3. The average Bonchev–Trinajstić information content (AvgIpc) is 3.74. The van der Waals surface area contributed by atoms with E-state index < -0.39 is 12.1 Å². The minimum Gasteiger partial charge on any atom is -0.507 e. The summed E-state index contributed by atoms with van der Waals surface area (Å²) in [6, 6.07) is 3.76. The quantitative estimate of drug-likeness (QED) is 0.223. The molecule has 0 saturated carbocycles. The second kappa shape index (κ2) is 12.8. The van der Waals surface area contributed by atoms with Crippen LogP contribution in [0.4, 0.5) is 0 Å². The van der Waals surface area contributed by atoms with Gasteiger partial charge in [0.05, 0.1) is 18.9 Å². The third-order valence-electron chi connectivity index (χ3n) is 6.71. The van der Waals surface area contributed by atoms with E-state index in [9.17, 15) is 19.5 Å². The van der Waals surface area contributed by atoms with Gasteiger partial charge in [0.25, 0.3) is 0 Å². The number of ketones is 2. The molecule has 0 aromatic heterocycles. The second-order valence-corrected chi connectivity index (χ2v) is 11.4. The Kier molecular flexibility index (Phi) is 9.99. The summed E-state index contributed by atoms with van der Waals surface area (Å²) >= 11 is 0. The number of carboxylic acids is 1. The number of phenolic OH excluding ortho intramolecular Hbond substituents is 1. The fourth-order valence-electron chi connectivity index (χ4n) is 4.15. The van der Waals surface area contributed by atoms with Crippen molar-refractivity contribution in [3.05, 3.63) is 52.0 Å². The van der Waals surface area contributed by atoms with E-state index in [4.69, 9.17) is 20.4 Å². The maximum Gasteiger partial charge on any atom is 0.303 e. The van der Waals surface area contributed by atoms with Gasteiger partial charge in [0.15, 0.2) is 0 Å². The molecule has 5 rings (SSSR count). The topological polar surface area (TPSA) is 161 Å². The number of aryl methyl sites for hydroxylation is 2. The minimum absolute atomic E-state index is 0.00546. The van der Waals surface area contributed by atoms with Crippen LogP contribution >= 0.6 is 0 Å². The molecule has 0 unspecified atom stereocenters. The van der Waals surface area contributed by atoms with Gasteiger partial charge in [0.1, 0.15) is 23.2 Å². The lowest BCUT2D eigenvalue weighted by Gasteiger charge is -2.22. The van der Waals surface area contributed by atoms with E-state index in [1.54, 1.807) is 0 Å². The van der Waals surface area contributed by atoms with Crippen molar-refractivity contribution >= 4 is 17.5 Å². The van der Waals surface area contributed by atoms with Gasteiger partial charge in [-0.3, -0.25) is 14.4 Å². The highest BCUT2D eigenvalue weighted by atomic mass is 16.4. The Hall–Kier alpha value is -3.41. The first-order valence-corrected chi connectivity index (χ1v) is 13.5. The number of Topliss-reactive ketones (excluding diaryl/α,β-unsaturated/α-hetero) is 1. The number of hydrogen-bond donors (Lipinski definition) is 5. The maximum absolute atomic E-state index is 12.4. The summed E-state index contributed by atoms with van der Waals surface area (Å²) in [5, 5.41) is 42.7. The highest BCUT2D eigenvalue weighted by Gasteiger charge is 2.43. The Morgan fingerprint density at radius 3 is 1.88 bits per heavy atom. The molecule has 1 aliphatic carbocycles. The normalized spacial score (nSPS) is 17.7. The number of carboxylic acid groups (broad SMARTS) is 1. The molecule has 0 atom stereocenters. The second-order valence-electron chi connectivity index (χ2n) is 11.4. The van der Waals surface area contributed by atoms with E-state index in [2.05, 4.69) is 0 Å². The number of aliphatic hydroxyl groups excluding tert-OH is 3. The van der Waals surface area contributed by atoms with Crippen molar-refractivity contribution in [3.63, 3.8) is 0 Å². The van der Waals surface area contributed by atoms with Crippen molar-refractivity contribution in [2.24, 2.45) is 0 Å². The minimum atomic E-state index is -0.954. The van der Waals surface area contributed by atoms with Gasteiger partial charge >= 0.3 is 5.97 Å². The number of aliphatic carboxylic acids is 1. The number of rotatable bonds is 8. The van der Waals surface area contributed by atoms with Gasteiger partial charge in [-0.25, -0.2) is 0 Å². The summed E-state index contributed by atoms with van der Waals surface area (Å²) in [5.41, 5.74) is 4.38. The third-order valence-corrected chi connectivity index (χ3v) is 6.71. The van der Waals surface area contributed by atoms with Crippen LogP contribution in [0, 0.1) is 6.92 Å². The molecular formula is C29H41N3O8. The Morgan fingerprint density at radius 1 is 0.925 bits per heavy atom. The summed E-state index contributed by atoms with van der Waals surface area (Å²) in [5.74, 6) is -0.433. The van der Waals surface area contributed by atoms with Gasteiger partial charge in [-0.2, -0.15) is 0 Å². The molecule has 3 fully saturated rings. The smallest absolute Gasteiger partial charge is 0.303 e. The number of nitrogens with zero attached hydrogens (tertiary/aromatic N) is 3. The van der Waals surface area contributed by atoms with Gasteiger partial charge in [-0.05, 0) is 35.4 Å². The van der Waals surface area contributed by atoms with E-state index >= 15 is 0 Å². The van der Waals surface area contributed by atoms with Crippen molar-refractivity contribution in [3.8, 4) is 5.75 Å². The fourth-order valence-corrected chi connectivity index (χ4v) is 4.15. The van der Waals surface area contributed by atoms with Crippen LogP contribution in [-0.2, 0) is 26.2 Å². The van der Waals surface area contributed by atoms with Crippen molar-refractivity contribution in [1.29, 1.82) is 0 Å². The largest absolute Gasteiger partial charge is 0.507 e. The van der Waals surface area contributed by atoms with Gasteiger partial charge < -0.3 is 40.2 Å². The molecule has 3 saturated heterocycles. The van der Waals surface area contributed by atoms with Gasteiger partial charge in [0, 0.05) is 51.8 Å². The van der Waals surface area contributed by atoms with Crippen molar-refractivity contribution in [2.75, 3.05) is 52.5 Å². The van der Waals surface area contributed by atoms with Crippen molar-refractivity contribution in [1.82, 2.24) is 14.7 Å². The third kappa shape index (κ3) is 8.30. The number of aliphatic hydroxyl groups is 3. The summed E-state index contributed by atoms with van der Waals surface area (Å²) in [4.78, 5) is 41.0. The zero-order chi connectivity index (χ0) is 29.8. The van der Waals surface area contributed by atoms with Crippen LogP contribution < -0.4 is 0 Å². The highest BCUT2D eigenvalue weighted by molar-refractivity contribution is 6.22. The molecule has 0 radical (unpaired) electrons. The van der Waals surface area contributed by atoms with Crippen LogP contribution in [0.3, 0.4) is 0 Å². The summed E-state index contributed by atoms with van der Waals surface area (Å²) in [6.07, 6.45) is 1.19. The molecule has 220 valence electrons. The summed E-state index contributed by atoms with van der Waals surface area (Å²) in [6.45, 7) is 12.6. The van der Waals surface area contributed by atoms with Crippen molar-refractivity contribution in [2.45, 2.75) is 52.1 Å². The predicted octanol–water partition coefficient (Wildman–Crippen LogP) is 0.528. The first kappa shape index (κ1) is 31.1. The fraction of sp³-hybridized carbons (Fsp3) is 0.552. The Bertz CT molecular complexity index is 1180. The van der Waals surface area contributed by atoms with Crippen LogP contribution in [0.5, 0.6) is 5.75 Å². The van der Waals surface area contributed by atoms with Crippen LogP contribution in [0.25, 0.3) is 0 Å². The van der Waals surface area contributed by atoms with E-state index in [1.807, 2.05) is 54.5 Å². The SMILES string of the molecule is Cc1cc(CCC(=O)O)cc(C(C)(C)C)c1O.O=C1C=C(N2CC2)C(=O)C(N2CC2)=C1N1CC1.OCC(O)CO. The van der Waals surface area contributed by atoms with E-state index in [0.29, 0.717) is 29.3 Å². The molecule has 40 heavy (non-hydrogen) atoms. The molecule has 4 aliphatic rings. The molecule has 0 amide bonds. The lowest BCUT2D eigenvalue weighted by molar-refractivity contribution is -0.137. The van der Waals surface area contributed by atoms with Crippen LogP contribution in [-0.4, -0.2) is 116 Å². The summed E-state index contributed by atoms with van der Waals surface area (Å²) in [7, 11) is 0. The number of hydrogen-bond acceptors (Lipinski definition) is 10. The first-order chi connectivity index (χ1) is 18.8. The number of carbonyl (C=O) groups excluding carboxylic acids is 2. The molecule has 0 bridgehead atoms. The molecule has 3 heterocycles. The Balaban J connectivity index is 0.000000184. The molecule has 1 aromatic carbocycles. The molecule has 1 aromatic rings.